The molecule has 4 heteroatoms. The molecule has 0 N–H and O–H groups in total. The topological polar surface area (TPSA) is 29.3 Å². The van der Waals surface area contributed by atoms with Crippen LogP contribution in [0.25, 0.3) is 76.1 Å². The minimum absolute atomic E-state index is 0.652. The van der Waals surface area contributed by atoms with Gasteiger partial charge in [0.1, 0.15) is 5.52 Å². The number of hydrogen-bond donors (Lipinski definition) is 0. The highest BCUT2D eigenvalue weighted by Crippen LogP contribution is 2.43. The molecule has 10 rings (SSSR count). The van der Waals surface area contributed by atoms with Gasteiger partial charge in [-0.3, -0.25) is 0 Å². The van der Waals surface area contributed by atoms with Crippen LogP contribution in [0.4, 0.5) is 17.1 Å². The average Bonchev–Trinajstić information content (AvgIpc) is 3.82. The molecule has 0 unspecified atom stereocenters. The van der Waals surface area contributed by atoms with Crippen molar-refractivity contribution in [2.75, 3.05) is 4.90 Å². The lowest BCUT2D eigenvalue weighted by Crippen LogP contribution is -2.11. The molecule has 0 atom stereocenters. The molecule has 2 heterocycles. The predicted molar refractivity (Wildman–Crippen MR) is 223 cm³/mol. The Kier molecular flexibility index (Phi) is 7.67. The lowest BCUT2D eigenvalue weighted by molar-refractivity contribution is 0.620. The van der Waals surface area contributed by atoms with Crippen molar-refractivity contribution >= 4 is 59.7 Å². The third-order valence-corrected chi connectivity index (χ3v) is 11.0. The first-order chi connectivity index (χ1) is 26.2. The van der Waals surface area contributed by atoms with Gasteiger partial charge in [-0.1, -0.05) is 133 Å². The van der Waals surface area contributed by atoms with Crippen LogP contribution in [0.5, 0.6) is 0 Å². The summed E-state index contributed by atoms with van der Waals surface area (Å²) in [6, 6.07) is 68.8. The molecule has 53 heavy (non-hydrogen) atoms. The van der Waals surface area contributed by atoms with E-state index in [1.54, 1.807) is 11.3 Å². The first-order valence-electron chi connectivity index (χ1n) is 17.8. The molecule has 8 aromatic carbocycles. The van der Waals surface area contributed by atoms with Crippen LogP contribution >= 0.6 is 11.3 Å². The molecule has 2 aromatic heterocycles. The number of oxazole rings is 1. The van der Waals surface area contributed by atoms with Crippen LogP contribution in [0, 0.1) is 0 Å². The second-order valence-electron chi connectivity index (χ2n) is 13.2. The van der Waals surface area contributed by atoms with Gasteiger partial charge in [0.15, 0.2) is 5.58 Å². The summed E-state index contributed by atoms with van der Waals surface area (Å²) in [5.41, 5.74) is 13.1. The van der Waals surface area contributed by atoms with Gasteiger partial charge in [0, 0.05) is 48.7 Å². The summed E-state index contributed by atoms with van der Waals surface area (Å²) in [4.78, 5) is 7.19. The number of anilines is 3. The Morgan fingerprint density at radius 2 is 0.943 bits per heavy atom. The normalized spacial score (nSPS) is 11.4. The Balaban J connectivity index is 1.02. The van der Waals surface area contributed by atoms with Crippen LogP contribution < -0.4 is 4.90 Å². The monoisotopic (exact) mass is 696 g/mol. The number of para-hydroxylation sites is 1. The SMILES string of the molecule is c1ccc(-c2ccc(N(c3ccc(-c4ccc5c(c4)sc4cc6oc(-c7ccccc7)nc6cc45)cc3)c3ccccc3-c3ccccc3)cc2)cc1. The lowest BCUT2D eigenvalue weighted by Gasteiger charge is -2.28. The second kappa shape index (κ2) is 13.1. The largest absolute Gasteiger partial charge is 0.436 e. The highest BCUT2D eigenvalue weighted by molar-refractivity contribution is 7.25. The number of rotatable bonds is 7. The summed E-state index contributed by atoms with van der Waals surface area (Å²) in [6.07, 6.45) is 0. The van der Waals surface area contributed by atoms with Crippen LogP contribution in [0.2, 0.25) is 0 Å². The maximum absolute atomic E-state index is 6.20. The summed E-state index contributed by atoms with van der Waals surface area (Å²) in [5, 5.41) is 2.44. The fraction of sp³-hybridized carbons (Fsp3) is 0. The molecule has 0 spiro atoms. The van der Waals surface area contributed by atoms with E-state index in [2.05, 4.69) is 169 Å². The van der Waals surface area contributed by atoms with E-state index in [1.165, 1.54) is 53.6 Å². The van der Waals surface area contributed by atoms with E-state index in [-0.39, 0.29) is 0 Å². The number of fused-ring (bicyclic) bond motifs is 4. The van der Waals surface area contributed by atoms with E-state index in [1.807, 2.05) is 30.3 Å². The van der Waals surface area contributed by atoms with E-state index in [0.717, 1.165) is 33.7 Å². The molecule has 0 amide bonds. The molecule has 0 aliphatic rings. The van der Waals surface area contributed by atoms with Gasteiger partial charge in [-0.15, -0.1) is 11.3 Å². The highest BCUT2D eigenvalue weighted by Gasteiger charge is 2.18. The Hall–Kier alpha value is -6.75. The fourth-order valence-electron chi connectivity index (χ4n) is 7.28. The maximum Gasteiger partial charge on any atom is 0.227 e. The fourth-order valence-corrected chi connectivity index (χ4v) is 8.43. The summed E-state index contributed by atoms with van der Waals surface area (Å²) in [6.45, 7) is 0. The van der Waals surface area contributed by atoms with E-state index in [9.17, 15) is 0 Å². The van der Waals surface area contributed by atoms with Crippen LogP contribution in [0.1, 0.15) is 0 Å². The standard InChI is InChI=1S/C49H32N2OS/c1-4-12-33(13-5-1)34-20-25-39(26-21-34)51(45-19-11-10-18-41(45)36-14-6-2-7-15-36)40-27-22-35(23-28-40)38-24-29-42-43-31-44-46(32-48(43)53-47(42)30-38)52-49(50-44)37-16-8-3-9-17-37/h1-32H. The molecular formula is C49H32N2OS. The zero-order valence-corrected chi connectivity index (χ0v) is 29.5. The molecule has 0 bridgehead atoms. The molecule has 0 aliphatic carbocycles. The minimum Gasteiger partial charge on any atom is -0.436 e. The van der Waals surface area contributed by atoms with Crippen molar-refractivity contribution in [3.63, 3.8) is 0 Å². The average molecular weight is 697 g/mol. The van der Waals surface area contributed by atoms with Gasteiger partial charge in [0.2, 0.25) is 5.89 Å². The van der Waals surface area contributed by atoms with Crippen molar-refractivity contribution in [3.05, 3.63) is 194 Å². The van der Waals surface area contributed by atoms with Gasteiger partial charge in [0.25, 0.3) is 0 Å². The lowest BCUT2D eigenvalue weighted by atomic mass is 10.00. The molecule has 10 aromatic rings. The van der Waals surface area contributed by atoms with Gasteiger partial charge in [-0.2, -0.15) is 0 Å². The minimum atomic E-state index is 0.652. The van der Waals surface area contributed by atoms with Crippen molar-refractivity contribution in [2.45, 2.75) is 0 Å². The van der Waals surface area contributed by atoms with Crippen molar-refractivity contribution < 1.29 is 4.42 Å². The van der Waals surface area contributed by atoms with Crippen LogP contribution in [-0.4, -0.2) is 4.98 Å². The van der Waals surface area contributed by atoms with Gasteiger partial charge < -0.3 is 9.32 Å². The summed E-state index contributed by atoms with van der Waals surface area (Å²) >= 11 is 1.80. The van der Waals surface area contributed by atoms with Crippen LogP contribution in [0.3, 0.4) is 0 Å². The van der Waals surface area contributed by atoms with Crippen LogP contribution in [-0.2, 0) is 0 Å². The van der Waals surface area contributed by atoms with Crippen molar-refractivity contribution in [3.8, 4) is 44.8 Å². The molecule has 3 nitrogen and oxygen atoms in total. The Labute approximate surface area is 311 Å². The Morgan fingerprint density at radius 3 is 1.62 bits per heavy atom. The summed E-state index contributed by atoms with van der Waals surface area (Å²) in [5.74, 6) is 0.652. The molecule has 250 valence electrons. The number of nitrogens with zero attached hydrogens (tertiary/aromatic N) is 2. The van der Waals surface area contributed by atoms with E-state index < -0.39 is 0 Å². The summed E-state index contributed by atoms with van der Waals surface area (Å²) < 4.78 is 8.64. The zero-order valence-electron chi connectivity index (χ0n) is 28.7. The second-order valence-corrected chi connectivity index (χ2v) is 14.3. The van der Waals surface area contributed by atoms with Gasteiger partial charge in [0.05, 0.1) is 5.69 Å². The van der Waals surface area contributed by atoms with Crippen molar-refractivity contribution in [1.82, 2.24) is 4.98 Å². The van der Waals surface area contributed by atoms with E-state index in [0.29, 0.717) is 5.89 Å². The molecule has 0 radical (unpaired) electrons. The molecular weight excluding hydrogens is 665 g/mol. The third-order valence-electron chi connectivity index (χ3n) is 9.92. The predicted octanol–water partition coefficient (Wildman–Crippen LogP) is 14.3. The third kappa shape index (κ3) is 5.76. The quantitative estimate of drug-likeness (QED) is 0.166. The maximum atomic E-state index is 6.20. The zero-order chi connectivity index (χ0) is 35.1. The number of benzene rings is 8. The van der Waals surface area contributed by atoms with Gasteiger partial charge in [-0.05, 0) is 82.4 Å². The van der Waals surface area contributed by atoms with Gasteiger partial charge in [-0.25, -0.2) is 4.98 Å². The first-order valence-corrected chi connectivity index (χ1v) is 18.6. The number of thiophene rings is 1. The number of hydrogen-bond acceptors (Lipinski definition) is 4. The summed E-state index contributed by atoms with van der Waals surface area (Å²) in [7, 11) is 0. The smallest absolute Gasteiger partial charge is 0.227 e. The van der Waals surface area contributed by atoms with E-state index in [4.69, 9.17) is 9.40 Å². The number of aromatic nitrogens is 1. The van der Waals surface area contributed by atoms with Crippen molar-refractivity contribution in [2.24, 2.45) is 0 Å². The Morgan fingerprint density at radius 1 is 0.415 bits per heavy atom. The molecule has 0 aliphatic heterocycles. The van der Waals surface area contributed by atoms with Crippen LogP contribution in [0.15, 0.2) is 199 Å². The molecule has 0 saturated carbocycles. The van der Waals surface area contributed by atoms with Crippen molar-refractivity contribution in [1.29, 1.82) is 0 Å². The van der Waals surface area contributed by atoms with E-state index >= 15 is 0 Å². The highest BCUT2D eigenvalue weighted by atomic mass is 32.1. The molecule has 0 fully saturated rings. The molecule has 0 saturated heterocycles. The van der Waals surface area contributed by atoms with Gasteiger partial charge >= 0.3 is 0 Å². The Bertz CT molecular complexity index is 2860. The first kappa shape index (κ1) is 31.0.